The fraction of sp³-hybridized carbons (Fsp3) is 0.375. The molecule has 0 aliphatic rings. The van der Waals surface area contributed by atoms with Crippen molar-refractivity contribution in [2.45, 2.75) is 18.4 Å². The molecule has 1 rings (SSSR count). The number of hydrogen-bond acceptors (Lipinski definition) is 2. The summed E-state index contributed by atoms with van der Waals surface area (Å²) in [7, 11) is 0. The van der Waals surface area contributed by atoms with Crippen molar-refractivity contribution in [3.63, 3.8) is 0 Å². The van der Waals surface area contributed by atoms with Crippen LogP contribution in [-0.2, 0) is 11.9 Å². The molecule has 2 nitrogen and oxygen atoms in total. The van der Waals surface area contributed by atoms with E-state index in [-0.39, 0.29) is 16.8 Å². The van der Waals surface area contributed by atoms with Crippen molar-refractivity contribution in [2.24, 2.45) is 0 Å². The standard InChI is InChI=1S/C8H7Br2F2NO/c9-1-5-4(3-14)2-13-7(6(5)10)8(11)12/h2,8,14H,1,3H2. The molecule has 0 aromatic carbocycles. The van der Waals surface area contributed by atoms with E-state index < -0.39 is 6.43 Å². The van der Waals surface area contributed by atoms with E-state index in [0.717, 1.165) is 0 Å². The molecule has 0 bridgehead atoms. The highest BCUT2D eigenvalue weighted by atomic mass is 79.9. The van der Waals surface area contributed by atoms with Crippen molar-refractivity contribution in [1.29, 1.82) is 0 Å². The van der Waals surface area contributed by atoms with E-state index in [2.05, 4.69) is 36.8 Å². The molecule has 78 valence electrons. The van der Waals surface area contributed by atoms with E-state index >= 15 is 0 Å². The molecule has 0 aliphatic carbocycles. The van der Waals surface area contributed by atoms with Gasteiger partial charge in [0.15, 0.2) is 0 Å². The van der Waals surface area contributed by atoms with Crippen LogP contribution in [0.3, 0.4) is 0 Å². The minimum atomic E-state index is -2.62. The van der Waals surface area contributed by atoms with Gasteiger partial charge in [-0.25, -0.2) is 8.78 Å². The topological polar surface area (TPSA) is 33.1 Å². The maximum absolute atomic E-state index is 12.4. The predicted molar refractivity (Wildman–Crippen MR) is 55.4 cm³/mol. The highest BCUT2D eigenvalue weighted by Crippen LogP contribution is 2.31. The molecule has 0 radical (unpaired) electrons. The zero-order valence-electron chi connectivity index (χ0n) is 6.98. The van der Waals surface area contributed by atoms with Crippen LogP contribution in [0.5, 0.6) is 0 Å². The van der Waals surface area contributed by atoms with Gasteiger partial charge in [-0.3, -0.25) is 4.98 Å². The summed E-state index contributed by atoms with van der Waals surface area (Å²) >= 11 is 6.22. The minimum absolute atomic E-state index is 0.212. The molecule has 0 spiro atoms. The van der Waals surface area contributed by atoms with Gasteiger partial charge in [0.1, 0.15) is 5.69 Å². The fourth-order valence-electron chi connectivity index (χ4n) is 1.01. The minimum Gasteiger partial charge on any atom is -0.392 e. The first-order valence-corrected chi connectivity index (χ1v) is 5.64. The van der Waals surface area contributed by atoms with E-state index in [9.17, 15) is 8.78 Å². The molecule has 1 aromatic rings. The normalized spacial score (nSPS) is 11.0. The van der Waals surface area contributed by atoms with E-state index in [0.29, 0.717) is 16.5 Å². The van der Waals surface area contributed by atoms with Crippen LogP contribution in [0, 0.1) is 0 Å². The molecule has 0 saturated carbocycles. The van der Waals surface area contributed by atoms with E-state index in [4.69, 9.17) is 5.11 Å². The molecule has 0 amide bonds. The van der Waals surface area contributed by atoms with Gasteiger partial charge in [0.2, 0.25) is 0 Å². The number of nitrogens with zero attached hydrogens (tertiary/aromatic N) is 1. The third-order valence-corrected chi connectivity index (χ3v) is 3.19. The maximum Gasteiger partial charge on any atom is 0.281 e. The number of hydrogen-bond donors (Lipinski definition) is 1. The van der Waals surface area contributed by atoms with Gasteiger partial charge in [-0.2, -0.15) is 0 Å². The van der Waals surface area contributed by atoms with Crippen LogP contribution >= 0.6 is 31.9 Å². The summed E-state index contributed by atoms with van der Waals surface area (Å²) in [5.74, 6) is 0. The highest BCUT2D eigenvalue weighted by molar-refractivity contribution is 9.10. The van der Waals surface area contributed by atoms with E-state index in [1.165, 1.54) is 6.20 Å². The quantitative estimate of drug-likeness (QED) is 0.863. The summed E-state index contributed by atoms with van der Waals surface area (Å²) in [6.45, 7) is -0.212. The first kappa shape index (κ1) is 12.0. The number of halogens is 4. The number of aliphatic hydroxyl groups is 1. The molecule has 0 unspecified atom stereocenters. The molecular formula is C8H7Br2F2NO. The molecule has 1 heterocycles. The van der Waals surface area contributed by atoms with Crippen LogP contribution in [0.15, 0.2) is 10.7 Å². The fourth-order valence-corrected chi connectivity index (χ4v) is 2.70. The SMILES string of the molecule is OCc1cnc(C(F)F)c(Br)c1CBr. The third kappa shape index (κ3) is 2.29. The van der Waals surface area contributed by atoms with Crippen LogP contribution in [0.2, 0.25) is 0 Å². The Bertz CT molecular complexity index is 333. The van der Waals surface area contributed by atoms with E-state index in [1.807, 2.05) is 0 Å². The van der Waals surface area contributed by atoms with Crippen molar-refractivity contribution in [2.75, 3.05) is 0 Å². The molecular weight excluding hydrogens is 324 g/mol. The van der Waals surface area contributed by atoms with Gasteiger partial charge in [0.25, 0.3) is 6.43 Å². The smallest absolute Gasteiger partial charge is 0.281 e. The number of aromatic nitrogens is 1. The summed E-state index contributed by atoms with van der Waals surface area (Å²) in [5.41, 5.74) is 0.854. The summed E-state index contributed by atoms with van der Waals surface area (Å²) in [5, 5.41) is 9.33. The second-order valence-corrected chi connectivity index (χ2v) is 3.91. The molecule has 1 N–H and O–H groups in total. The van der Waals surface area contributed by atoms with Gasteiger partial charge in [-0.15, -0.1) is 0 Å². The van der Waals surface area contributed by atoms with Crippen molar-refractivity contribution in [3.05, 3.63) is 27.5 Å². The molecule has 1 aromatic heterocycles. The monoisotopic (exact) mass is 329 g/mol. The lowest BCUT2D eigenvalue weighted by Crippen LogP contribution is -2.00. The molecule has 0 aliphatic heterocycles. The Hall–Kier alpha value is -0.0700. The van der Waals surface area contributed by atoms with Crippen LogP contribution in [0.1, 0.15) is 23.2 Å². The van der Waals surface area contributed by atoms with Crippen molar-refractivity contribution in [1.82, 2.24) is 4.98 Å². The Kier molecular flexibility index (Phi) is 4.40. The van der Waals surface area contributed by atoms with Crippen LogP contribution in [0.25, 0.3) is 0 Å². The zero-order chi connectivity index (χ0) is 10.7. The van der Waals surface area contributed by atoms with Gasteiger partial charge in [0.05, 0.1) is 6.61 Å². The summed E-state index contributed by atoms with van der Waals surface area (Å²) in [4.78, 5) is 3.58. The Labute approximate surface area is 96.6 Å². The number of alkyl halides is 3. The highest BCUT2D eigenvalue weighted by Gasteiger charge is 2.18. The van der Waals surface area contributed by atoms with Gasteiger partial charge < -0.3 is 5.11 Å². The maximum atomic E-state index is 12.4. The van der Waals surface area contributed by atoms with Crippen LogP contribution in [-0.4, -0.2) is 10.1 Å². The molecule has 14 heavy (non-hydrogen) atoms. The summed E-state index contributed by atoms with van der Waals surface area (Å²) in [6, 6.07) is 0. The molecule has 0 fully saturated rings. The second-order valence-electron chi connectivity index (χ2n) is 2.55. The summed E-state index contributed by atoms with van der Waals surface area (Å²) in [6.07, 6.45) is -1.35. The van der Waals surface area contributed by atoms with Gasteiger partial charge in [-0.1, -0.05) is 15.9 Å². The Morgan fingerprint density at radius 2 is 2.14 bits per heavy atom. The average molecular weight is 331 g/mol. The number of aliphatic hydroxyl groups excluding tert-OH is 1. The average Bonchev–Trinajstić information content (AvgIpc) is 2.16. The Balaban J connectivity index is 3.27. The molecule has 0 saturated heterocycles. The Morgan fingerprint density at radius 1 is 1.50 bits per heavy atom. The lowest BCUT2D eigenvalue weighted by molar-refractivity contribution is 0.145. The second kappa shape index (κ2) is 5.14. The zero-order valence-corrected chi connectivity index (χ0v) is 10.1. The first-order chi connectivity index (χ1) is 6.61. The summed E-state index contributed by atoms with van der Waals surface area (Å²) < 4.78 is 25.1. The lowest BCUT2D eigenvalue weighted by Gasteiger charge is -2.10. The van der Waals surface area contributed by atoms with E-state index in [1.54, 1.807) is 0 Å². The van der Waals surface area contributed by atoms with Crippen molar-refractivity contribution < 1.29 is 13.9 Å². The largest absolute Gasteiger partial charge is 0.392 e. The lowest BCUT2D eigenvalue weighted by atomic mass is 10.1. The van der Waals surface area contributed by atoms with Crippen LogP contribution < -0.4 is 0 Å². The first-order valence-electron chi connectivity index (χ1n) is 3.73. The molecule has 6 heteroatoms. The van der Waals surface area contributed by atoms with Gasteiger partial charge in [-0.05, 0) is 21.5 Å². The third-order valence-electron chi connectivity index (χ3n) is 1.75. The Morgan fingerprint density at radius 3 is 2.57 bits per heavy atom. The van der Waals surface area contributed by atoms with Gasteiger partial charge >= 0.3 is 0 Å². The number of rotatable bonds is 3. The van der Waals surface area contributed by atoms with Crippen LogP contribution in [0.4, 0.5) is 8.78 Å². The molecule has 0 atom stereocenters. The van der Waals surface area contributed by atoms with Crippen molar-refractivity contribution in [3.8, 4) is 0 Å². The number of pyridine rings is 1. The predicted octanol–water partition coefficient (Wildman–Crippen LogP) is 3.17. The van der Waals surface area contributed by atoms with Crippen molar-refractivity contribution >= 4 is 31.9 Å². The van der Waals surface area contributed by atoms with Gasteiger partial charge in [0, 0.05) is 21.6 Å².